The molecular weight excluding hydrogens is 252 g/mol. The number of nitrogen functional groups attached to an aromatic ring is 1. The maximum Gasteiger partial charge on any atom is 0.251 e. The first-order chi connectivity index (χ1) is 9.58. The highest BCUT2D eigenvalue weighted by Gasteiger charge is 2.07. The van der Waals surface area contributed by atoms with Gasteiger partial charge in [-0.25, -0.2) is 4.98 Å². The Morgan fingerprint density at radius 2 is 2.05 bits per heavy atom. The maximum absolute atomic E-state index is 12.0. The predicted molar refractivity (Wildman–Crippen MR) is 75.7 cm³/mol. The third-order valence-corrected chi connectivity index (χ3v) is 2.77. The molecule has 1 aromatic heterocycles. The van der Waals surface area contributed by atoms with E-state index < -0.39 is 0 Å². The molecule has 0 saturated heterocycles. The average Bonchev–Trinajstić information content (AvgIpc) is 2.44. The zero-order valence-corrected chi connectivity index (χ0v) is 11.1. The molecule has 20 heavy (non-hydrogen) atoms. The number of aromatic nitrogens is 1. The van der Waals surface area contributed by atoms with Gasteiger partial charge in [0.25, 0.3) is 5.91 Å². The van der Waals surface area contributed by atoms with Crippen LogP contribution in [0.25, 0.3) is 0 Å². The molecule has 2 aromatic rings. The Morgan fingerprint density at radius 3 is 2.65 bits per heavy atom. The van der Waals surface area contributed by atoms with E-state index in [1.54, 1.807) is 31.2 Å². The Hall–Kier alpha value is -2.87. The topological polar surface area (TPSA) is 91.8 Å². The fourth-order valence-corrected chi connectivity index (χ4v) is 1.81. The Morgan fingerprint density at radius 1 is 1.35 bits per heavy atom. The molecule has 0 aliphatic carbocycles. The van der Waals surface area contributed by atoms with Gasteiger partial charge in [-0.1, -0.05) is 12.1 Å². The van der Waals surface area contributed by atoms with Crippen molar-refractivity contribution in [2.75, 3.05) is 5.73 Å². The Labute approximate surface area is 117 Å². The molecule has 0 bridgehead atoms. The second-order valence-electron chi connectivity index (χ2n) is 4.41. The lowest BCUT2D eigenvalue weighted by Crippen LogP contribution is -2.23. The summed E-state index contributed by atoms with van der Waals surface area (Å²) < 4.78 is 0. The van der Waals surface area contributed by atoms with Gasteiger partial charge in [-0.15, -0.1) is 0 Å². The fraction of sp³-hybridized carbons (Fsp3) is 0.133. The Bertz CT molecular complexity index is 651. The van der Waals surface area contributed by atoms with Crippen LogP contribution in [0.5, 0.6) is 0 Å². The van der Waals surface area contributed by atoms with Gasteiger partial charge in [0.2, 0.25) is 0 Å². The highest BCUT2D eigenvalue weighted by Crippen LogP contribution is 2.08. The number of nitriles is 1. The molecule has 0 unspecified atom stereocenters. The van der Waals surface area contributed by atoms with E-state index in [1.807, 2.05) is 18.2 Å². The number of benzene rings is 1. The molecule has 0 aliphatic rings. The number of carbonyl (C=O) groups is 1. The van der Waals surface area contributed by atoms with E-state index >= 15 is 0 Å². The zero-order valence-electron chi connectivity index (χ0n) is 11.1. The van der Waals surface area contributed by atoms with Crippen molar-refractivity contribution < 1.29 is 4.79 Å². The van der Waals surface area contributed by atoms with Crippen LogP contribution in [0.1, 0.15) is 27.2 Å². The number of amides is 1. The van der Waals surface area contributed by atoms with Gasteiger partial charge in [-0.05, 0) is 36.8 Å². The Balaban J connectivity index is 2.02. The highest BCUT2D eigenvalue weighted by molar-refractivity contribution is 5.94. The molecule has 5 nitrogen and oxygen atoms in total. The molecule has 2 rings (SSSR count). The molecule has 0 saturated carbocycles. The molecule has 0 spiro atoms. The number of anilines is 1. The van der Waals surface area contributed by atoms with Crippen molar-refractivity contribution in [1.29, 1.82) is 5.26 Å². The van der Waals surface area contributed by atoms with Crippen molar-refractivity contribution in [3.05, 3.63) is 58.8 Å². The first kappa shape index (κ1) is 13.6. The summed E-state index contributed by atoms with van der Waals surface area (Å²) in [5.74, 6) is 0.125. The second-order valence-corrected chi connectivity index (χ2v) is 4.41. The van der Waals surface area contributed by atoms with Gasteiger partial charge in [0.1, 0.15) is 5.82 Å². The van der Waals surface area contributed by atoms with Crippen LogP contribution in [0.3, 0.4) is 0 Å². The molecule has 1 amide bonds. The number of rotatable bonds is 3. The third-order valence-electron chi connectivity index (χ3n) is 2.77. The number of hydrogen-bond acceptors (Lipinski definition) is 4. The van der Waals surface area contributed by atoms with E-state index in [4.69, 9.17) is 11.0 Å². The van der Waals surface area contributed by atoms with Gasteiger partial charge in [0.15, 0.2) is 0 Å². The number of nitrogens with zero attached hydrogens (tertiary/aromatic N) is 2. The number of aryl methyl sites for hydroxylation is 1. The van der Waals surface area contributed by atoms with Gasteiger partial charge in [-0.2, -0.15) is 5.26 Å². The van der Waals surface area contributed by atoms with E-state index in [-0.39, 0.29) is 5.91 Å². The molecule has 1 heterocycles. The molecule has 0 aliphatic heterocycles. The van der Waals surface area contributed by atoms with E-state index in [1.165, 1.54) is 0 Å². The van der Waals surface area contributed by atoms with E-state index in [0.717, 1.165) is 5.56 Å². The number of pyridine rings is 1. The summed E-state index contributed by atoms with van der Waals surface area (Å²) in [6, 6.07) is 12.3. The van der Waals surface area contributed by atoms with Crippen LogP contribution in [0, 0.1) is 18.3 Å². The summed E-state index contributed by atoms with van der Waals surface area (Å²) in [5, 5.41) is 11.5. The van der Waals surface area contributed by atoms with Crippen molar-refractivity contribution in [2.24, 2.45) is 0 Å². The lowest BCUT2D eigenvalue weighted by atomic mass is 10.1. The summed E-state index contributed by atoms with van der Waals surface area (Å²) in [6.07, 6.45) is 0. The van der Waals surface area contributed by atoms with Gasteiger partial charge in [0.05, 0.1) is 11.6 Å². The Kier molecular flexibility index (Phi) is 3.96. The van der Waals surface area contributed by atoms with Crippen LogP contribution in [0.15, 0.2) is 36.4 Å². The SMILES string of the molecule is Cc1cc(C(=O)NCc2ccc(C#N)cc2)cc(N)n1. The molecule has 0 atom stereocenters. The maximum atomic E-state index is 12.0. The first-order valence-electron chi connectivity index (χ1n) is 6.10. The minimum absolute atomic E-state index is 0.202. The summed E-state index contributed by atoms with van der Waals surface area (Å²) in [5.41, 5.74) is 8.33. The standard InChI is InChI=1S/C15H14N4O/c1-10-6-13(7-14(17)19-10)15(20)18-9-12-4-2-11(8-16)3-5-12/h2-7H,9H2,1H3,(H2,17,19)(H,18,20). The van der Waals surface area contributed by atoms with Crippen molar-refractivity contribution in [3.8, 4) is 6.07 Å². The summed E-state index contributed by atoms with van der Waals surface area (Å²) >= 11 is 0. The van der Waals surface area contributed by atoms with Crippen LogP contribution in [-0.4, -0.2) is 10.9 Å². The summed E-state index contributed by atoms with van der Waals surface area (Å²) in [7, 11) is 0. The second kappa shape index (κ2) is 5.85. The molecule has 3 N–H and O–H groups in total. The van der Waals surface area contributed by atoms with Crippen molar-refractivity contribution >= 4 is 11.7 Å². The quantitative estimate of drug-likeness (QED) is 0.885. The van der Waals surface area contributed by atoms with Crippen LogP contribution < -0.4 is 11.1 Å². The molecular formula is C15H14N4O. The average molecular weight is 266 g/mol. The zero-order chi connectivity index (χ0) is 14.5. The third kappa shape index (κ3) is 3.33. The normalized spacial score (nSPS) is 9.80. The largest absolute Gasteiger partial charge is 0.384 e. The van der Waals surface area contributed by atoms with E-state index in [2.05, 4.69) is 10.3 Å². The number of nitrogens with two attached hydrogens (primary N) is 1. The molecule has 0 fully saturated rings. The van der Waals surface area contributed by atoms with Crippen LogP contribution in [0.4, 0.5) is 5.82 Å². The minimum Gasteiger partial charge on any atom is -0.384 e. The minimum atomic E-state index is -0.202. The molecule has 1 aromatic carbocycles. The lowest BCUT2D eigenvalue weighted by Gasteiger charge is -2.07. The van der Waals surface area contributed by atoms with Gasteiger partial charge in [-0.3, -0.25) is 4.79 Å². The number of hydrogen-bond donors (Lipinski definition) is 2. The van der Waals surface area contributed by atoms with Gasteiger partial charge >= 0.3 is 0 Å². The van der Waals surface area contributed by atoms with Crippen LogP contribution in [-0.2, 0) is 6.54 Å². The number of nitrogens with one attached hydrogen (secondary N) is 1. The first-order valence-corrected chi connectivity index (χ1v) is 6.10. The van der Waals surface area contributed by atoms with E-state index in [9.17, 15) is 4.79 Å². The fourth-order valence-electron chi connectivity index (χ4n) is 1.81. The highest BCUT2D eigenvalue weighted by atomic mass is 16.1. The van der Waals surface area contributed by atoms with Gasteiger partial charge in [0, 0.05) is 17.8 Å². The van der Waals surface area contributed by atoms with Crippen LogP contribution in [0.2, 0.25) is 0 Å². The van der Waals surface area contributed by atoms with Crippen molar-refractivity contribution in [3.63, 3.8) is 0 Å². The van der Waals surface area contributed by atoms with Crippen molar-refractivity contribution in [1.82, 2.24) is 10.3 Å². The predicted octanol–water partition coefficient (Wildman–Crippen LogP) is 1.77. The summed E-state index contributed by atoms with van der Waals surface area (Å²) in [4.78, 5) is 16.0. The van der Waals surface area contributed by atoms with Crippen molar-refractivity contribution in [2.45, 2.75) is 13.5 Å². The van der Waals surface area contributed by atoms with E-state index in [0.29, 0.717) is 29.2 Å². The van der Waals surface area contributed by atoms with Crippen LogP contribution >= 0.6 is 0 Å². The number of carbonyl (C=O) groups excluding carboxylic acids is 1. The molecule has 100 valence electrons. The summed E-state index contributed by atoms with van der Waals surface area (Å²) in [6.45, 7) is 2.18. The monoisotopic (exact) mass is 266 g/mol. The smallest absolute Gasteiger partial charge is 0.251 e. The lowest BCUT2D eigenvalue weighted by molar-refractivity contribution is 0.0950. The molecule has 0 radical (unpaired) electrons. The molecule has 5 heteroatoms. The van der Waals surface area contributed by atoms with Gasteiger partial charge < -0.3 is 11.1 Å².